The average Bonchev–Trinajstić information content (AvgIpc) is 3.38. The summed E-state index contributed by atoms with van der Waals surface area (Å²) in [5, 5.41) is 4.11. The topological polar surface area (TPSA) is 130 Å². The van der Waals surface area contributed by atoms with Crippen LogP contribution in [0.25, 0.3) is 0 Å². The molecule has 0 bridgehead atoms. The highest BCUT2D eigenvalue weighted by molar-refractivity contribution is 7.12. The van der Waals surface area contributed by atoms with Crippen LogP contribution in [0, 0.1) is 0 Å². The van der Waals surface area contributed by atoms with Crippen molar-refractivity contribution in [1.82, 2.24) is 15.1 Å². The van der Waals surface area contributed by atoms with E-state index in [2.05, 4.69) is 5.32 Å². The Hall–Kier alpha value is -2.82. The first kappa shape index (κ1) is 20.9. The summed E-state index contributed by atoms with van der Waals surface area (Å²) < 4.78 is 13.9. The van der Waals surface area contributed by atoms with E-state index in [4.69, 9.17) is 5.73 Å². The lowest BCUT2D eigenvalue weighted by Gasteiger charge is -2.24. The molecule has 3 N–H and O–H groups in total. The van der Waals surface area contributed by atoms with Gasteiger partial charge in [0.1, 0.15) is 6.17 Å². The third-order valence-electron chi connectivity index (χ3n) is 4.97. The standard InChI is InChI=1S/C18H21FN4O5S/c19-11-6-12(7-21-14(24)3-4-22-15(25)1-2-16(22)26)23(8-11)18(28)13-5-10(9-29-13)17(20)27/h5,9,11-12H,1-4,6-8H2,(H2,20,27)(H,21,24)/t11-,12-/m0/s1. The maximum atomic E-state index is 13.9. The third kappa shape index (κ3) is 4.78. The summed E-state index contributed by atoms with van der Waals surface area (Å²) in [6, 6.07) is 0.844. The molecular weight excluding hydrogens is 403 g/mol. The number of imide groups is 1. The second-order valence-electron chi connectivity index (χ2n) is 7.00. The van der Waals surface area contributed by atoms with Gasteiger partial charge in [-0.3, -0.25) is 28.9 Å². The van der Waals surface area contributed by atoms with Crippen molar-refractivity contribution in [1.29, 1.82) is 0 Å². The second kappa shape index (κ2) is 8.68. The van der Waals surface area contributed by atoms with Crippen LogP contribution >= 0.6 is 11.3 Å². The Morgan fingerprint density at radius 3 is 2.55 bits per heavy atom. The number of likely N-dealkylation sites (tertiary alicyclic amines) is 2. The largest absolute Gasteiger partial charge is 0.366 e. The Morgan fingerprint density at radius 2 is 1.93 bits per heavy atom. The van der Waals surface area contributed by atoms with Crippen LogP contribution in [-0.4, -0.2) is 71.2 Å². The highest BCUT2D eigenvalue weighted by Gasteiger charge is 2.36. The minimum Gasteiger partial charge on any atom is -0.366 e. The summed E-state index contributed by atoms with van der Waals surface area (Å²) in [6.07, 6.45) is -0.848. The summed E-state index contributed by atoms with van der Waals surface area (Å²) in [4.78, 5) is 61.7. The quantitative estimate of drug-likeness (QED) is 0.598. The average molecular weight is 424 g/mol. The number of thiophene rings is 1. The third-order valence-corrected chi connectivity index (χ3v) is 5.89. The van der Waals surface area contributed by atoms with Gasteiger partial charge in [-0.2, -0.15) is 0 Å². The number of hydrogen-bond donors (Lipinski definition) is 2. The predicted octanol–water partition coefficient (Wildman–Crippen LogP) is 0.0549. The van der Waals surface area contributed by atoms with Crippen molar-refractivity contribution in [3.8, 4) is 0 Å². The van der Waals surface area contributed by atoms with E-state index < -0.39 is 24.0 Å². The Labute approximate surface area is 170 Å². The fourth-order valence-electron chi connectivity index (χ4n) is 3.43. The van der Waals surface area contributed by atoms with Crippen LogP contribution in [-0.2, 0) is 14.4 Å². The number of rotatable bonds is 7. The van der Waals surface area contributed by atoms with Crippen LogP contribution < -0.4 is 11.1 Å². The van der Waals surface area contributed by atoms with E-state index >= 15 is 0 Å². The lowest BCUT2D eigenvalue weighted by molar-refractivity contribution is -0.138. The van der Waals surface area contributed by atoms with Crippen LogP contribution in [0.4, 0.5) is 4.39 Å². The van der Waals surface area contributed by atoms with Crippen molar-refractivity contribution >= 4 is 40.9 Å². The van der Waals surface area contributed by atoms with Gasteiger partial charge >= 0.3 is 0 Å². The van der Waals surface area contributed by atoms with Gasteiger partial charge in [0.05, 0.1) is 23.0 Å². The van der Waals surface area contributed by atoms with Crippen molar-refractivity contribution in [2.24, 2.45) is 5.73 Å². The number of nitrogens with one attached hydrogen (secondary N) is 1. The summed E-state index contributed by atoms with van der Waals surface area (Å²) in [6.45, 7) is -0.0332. The number of hydrogen-bond acceptors (Lipinski definition) is 6. The van der Waals surface area contributed by atoms with E-state index in [0.717, 1.165) is 16.2 Å². The van der Waals surface area contributed by atoms with E-state index in [1.54, 1.807) is 0 Å². The van der Waals surface area contributed by atoms with Gasteiger partial charge in [0.15, 0.2) is 0 Å². The van der Waals surface area contributed by atoms with Gasteiger partial charge in [0.25, 0.3) is 5.91 Å². The molecule has 9 nitrogen and oxygen atoms in total. The Balaban J connectivity index is 1.53. The van der Waals surface area contributed by atoms with Crippen molar-refractivity contribution in [3.63, 3.8) is 0 Å². The number of carbonyl (C=O) groups is 5. The first-order valence-electron chi connectivity index (χ1n) is 9.19. The van der Waals surface area contributed by atoms with Gasteiger partial charge in [-0.1, -0.05) is 0 Å². The molecule has 0 aliphatic carbocycles. The number of carbonyl (C=O) groups excluding carboxylic acids is 5. The molecule has 0 spiro atoms. The molecule has 2 aliphatic rings. The molecule has 1 aromatic rings. The minimum absolute atomic E-state index is 0.00758. The Bertz CT molecular complexity index is 841. The maximum absolute atomic E-state index is 13.9. The van der Waals surface area contributed by atoms with Gasteiger partial charge in [-0.15, -0.1) is 11.3 Å². The van der Waals surface area contributed by atoms with E-state index in [-0.39, 0.29) is 73.5 Å². The number of alkyl halides is 1. The van der Waals surface area contributed by atoms with Gasteiger partial charge < -0.3 is 16.0 Å². The molecule has 2 fully saturated rings. The van der Waals surface area contributed by atoms with Gasteiger partial charge in [-0.05, 0) is 6.07 Å². The van der Waals surface area contributed by atoms with Crippen molar-refractivity contribution < 1.29 is 28.4 Å². The van der Waals surface area contributed by atoms with Crippen LogP contribution in [0.15, 0.2) is 11.4 Å². The molecule has 5 amide bonds. The number of nitrogens with zero attached hydrogens (tertiary/aromatic N) is 2. The predicted molar refractivity (Wildman–Crippen MR) is 101 cm³/mol. The SMILES string of the molecule is NC(=O)c1csc(C(=O)N2C[C@@H](F)C[C@H]2CNC(=O)CCN2C(=O)CCC2=O)c1. The van der Waals surface area contributed by atoms with E-state index in [9.17, 15) is 28.4 Å². The van der Waals surface area contributed by atoms with E-state index in [0.29, 0.717) is 0 Å². The molecule has 2 aliphatic heterocycles. The molecule has 3 rings (SSSR count). The molecule has 3 heterocycles. The zero-order valence-corrected chi connectivity index (χ0v) is 16.4. The van der Waals surface area contributed by atoms with Gasteiger partial charge in [-0.25, -0.2) is 4.39 Å². The summed E-state index contributed by atoms with van der Waals surface area (Å²) in [5.41, 5.74) is 5.40. The van der Waals surface area contributed by atoms with Gasteiger partial charge in [0.2, 0.25) is 23.6 Å². The molecule has 156 valence electrons. The summed E-state index contributed by atoms with van der Waals surface area (Å²) in [5.74, 6) is -2.04. The monoisotopic (exact) mass is 424 g/mol. The molecule has 2 atom stereocenters. The maximum Gasteiger partial charge on any atom is 0.264 e. The lowest BCUT2D eigenvalue weighted by Crippen LogP contribution is -2.43. The number of primary amides is 1. The fourth-order valence-corrected chi connectivity index (χ4v) is 4.28. The zero-order valence-electron chi connectivity index (χ0n) is 15.6. The normalized spacial score (nSPS) is 21.7. The van der Waals surface area contributed by atoms with Crippen LogP contribution in [0.3, 0.4) is 0 Å². The van der Waals surface area contributed by atoms with Crippen molar-refractivity contribution in [2.75, 3.05) is 19.6 Å². The zero-order chi connectivity index (χ0) is 21.1. The van der Waals surface area contributed by atoms with E-state index in [1.807, 2.05) is 0 Å². The molecule has 0 saturated carbocycles. The molecule has 11 heteroatoms. The summed E-state index contributed by atoms with van der Waals surface area (Å²) >= 11 is 1.05. The van der Waals surface area contributed by atoms with E-state index in [1.165, 1.54) is 16.3 Å². The molecule has 0 unspecified atom stereocenters. The molecule has 1 aromatic heterocycles. The van der Waals surface area contributed by atoms with Crippen molar-refractivity contribution in [3.05, 3.63) is 21.9 Å². The molecule has 0 aromatic carbocycles. The van der Waals surface area contributed by atoms with Crippen LogP contribution in [0.5, 0.6) is 0 Å². The number of nitrogens with two attached hydrogens (primary N) is 1. The molecule has 0 radical (unpaired) electrons. The molecular formula is C18H21FN4O5S. The second-order valence-corrected chi connectivity index (χ2v) is 7.91. The number of amides is 5. The highest BCUT2D eigenvalue weighted by atomic mass is 32.1. The first-order chi connectivity index (χ1) is 13.8. The van der Waals surface area contributed by atoms with Gasteiger partial charge in [0, 0.05) is 44.2 Å². The molecule has 2 saturated heterocycles. The molecule has 29 heavy (non-hydrogen) atoms. The highest BCUT2D eigenvalue weighted by Crippen LogP contribution is 2.25. The first-order valence-corrected chi connectivity index (χ1v) is 10.1. The Morgan fingerprint density at radius 1 is 1.24 bits per heavy atom. The fraction of sp³-hybridized carbons (Fsp3) is 0.500. The lowest BCUT2D eigenvalue weighted by atomic mass is 10.2. The van der Waals surface area contributed by atoms with Crippen molar-refractivity contribution in [2.45, 2.75) is 37.9 Å². The van der Waals surface area contributed by atoms with Crippen LogP contribution in [0.2, 0.25) is 0 Å². The summed E-state index contributed by atoms with van der Waals surface area (Å²) in [7, 11) is 0. The minimum atomic E-state index is -1.21. The smallest absolute Gasteiger partial charge is 0.264 e. The van der Waals surface area contributed by atoms with Crippen LogP contribution in [0.1, 0.15) is 45.7 Å². The Kier molecular flexibility index (Phi) is 6.26. The number of halogens is 1.